The summed E-state index contributed by atoms with van der Waals surface area (Å²) in [6.45, 7) is 4.43. The predicted molar refractivity (Wildman–Crippen MR) is 73.9 cm³/mol. The fourth-order valence-electron chi connectivity index (χ4n) is 1.97. The molecule has 1 N–H and O–H groups in total. The number of ether oxygens (including phenoxy) is 1. The number of rotatable bonds is 6. The maximum atomic E-state index is 11.9. The van der Waals surface area contributed by atoms with Crippen molar-refractivity contribution in [2.45, 2.75) is 27.2 Å². The second kappa shape index (κ2) is 6.34. The lowest BCUT2D eigenvalue weighted by Crippen LogP contribution is -2.40. The van der Waals surface area contributed by atoms with Crippen molar-refractivity contribution in [2.24, 2.45) is 5.41 Å². The summed E-state index contributed by atoms with van der Waals surface area (Å²) in [6.07, 6.45) is -0.172. The number of carboxylic acid groups (broad SMARTS) is 1. The number of benzene rings is 1. The van der Waals surface area contributed by atoms with Crippen LogP contribution in [0.25, 0.3) is 0 Å². The third-order valence-electron chi connectivity index (χ3n) is 3.36. The van der Waals surface area contributed by atoms with Crippen molar-refractivity contribution in [1.82, 2.24) is 0 Å². The minimum atomic E-state index is -1.78. The van der Waals surface area contributed by atoms with E-state index < -0.39 is 22.3 Å². The van der Waals surface area contributed by atoms with Crippen molar-refractivity contribution >= 4 is 17.6 Å². The number of carbonyl (C=O) groups excluding carboxylic acids is 1. The Balaban J connectivity index is 3.23. The molecule has 1 unspecified atom stereocenters. The number of carboxylic acids is 1. The van der Waals surface area contributed by atoms with Gasteiger partial charge in [-0.25, -0.2) is 0 Å². The van der Waals surface area contributed by atoms with Crippen molar-refractivity contribution in [3.8, 4) is 0 Å². The van der Waals surface area contributed by atoms with Gasteiger partial charge in [0, 0.05) is 11.6 Å². The van der Waals surface area contributed by atoms with Crippen molar-refractivity contribution in [3.05, 3.63) is 39.4 Å². The summed E-state index contributed by atoms with van der Waals surface area (Å²) < 4.78 is 4.80. The number of carbonyl (C=O) groups is 2. The van der Waals surface area contributed by atoms with Crippen LogP contribution in [-0.2, 0) is 20.7 Å². The van der Waals surface area contributed by atoms with E-state index in [1.165, 1.54) is 26.0 Å². The predicted octanol–water partition coefficient (Wildman–Crippen LogP) is 2.10. The molecule has 21 heavy (non-hydrogen) atoms. The Morgan fingerprint density at radius 2 is 2.05 bits per heavy atom. The molecule has 0 radical (unpaired) electrons. The van der Waals surface area contributed by atoms with Crippen molar-refractivity contribution in [1.29, 1.82) is 0 Å². The fraction of sp³-hybridized carbons (Fsp3) is 0.429. The smallest absolute Gasteiger partial charge is 0.323 e. The highest BCUT2D eigenvalue weighted by molar-refractivity contribution is 5.99. The number of nitro benzene ring substituents is 1. The van der Waals surface area contributed by atoms with Crippen molar-refractivity contribution in [3.63, 3.8) is 0 Å². The largest absolute Gasteiger partial charge is 0.480 e. The Hall–Kier alpha value is -2.44. The summed E-state index contributed by atoms with van der Waals surface area (Å²) in [4.78, 5) is 33.7. The quantitative estimate of drug-likeness (QED) is 0.373. The van der Waals surface area contributed by atoms with E-state index in [-0.39, 0.29) is 18.7 Å². The molecule has 0 spiro atoms. The van der Waals surface area contributed by atoms with Gasteiger partial charge in [0.05, 0.1) is 11.5 Å². The van der Waals surface area contributed by atoms with Crippen LogP contribution in [0, 0.1) is 22.5 Å². The van der Waals surface area contributed by atoms with Crippen LogP contribution >= 0.6 is 0 Å². The topological polar surface area (TPSA) is 107 Å². The summed E-state index contributed by atoms with van der Waals surface area (Å²) in [7, 11) is 0. The van der Waals surface area contributed by atoms with Crippen molar-refractivity contribution < 1.29 is 24.4 Å². The highest BCUT2D eigenvalue weighted by atomic mass is 16.6. The maximum Gasteiger partial charge on any atom is 0.323 e. The summed E-state index contributed by atoms with van der Waals surface area (Å²) in [5.74, 6) is -2.18. The van der Waals surface area contributed by atoms with Crippen LogP contribution in [0.3, 0.4) is 0 Å². The third kappa shape index (κ3) is 3.36. The molecule has 1 aromatic carbocycles. The number of nitrogens with zero attached hydrogens (tertiary/aromatic N) is 1. The third-order valence-corrected chi connectivity index (χ3v) is 3.36. The van der Waals surface area contributed by atoms with Crippen LogP contribution in [0.2, 0.25) is 0 Å². The van der Waals surface area contributed by atoms with Gasteiger partial charge in [-0.2, -0.15) is 0 Å². The standard InChI is InChI=1S/C14H17NO6/c1-4-21-13(18)14(3,12(16)17)8-10-6-5-7-11(9(10)2)15(19)20/h5-7H,4,8H2,1-3H3,(H,16,17). The van der Waals surface area contributed by atoms with E-state index in [2.05, 4.69) is 0 Å². The molecule has 114 valence electrons. The first-order valence-corrected chi connectivity index (χ1v) is 6.37. The molecule has 0 saturated carbocycles. The van der Waals surface area contributed by atoms with E-state index in [9.17, 15) is 24.8 Å². The second-order valence-corrected chi connectivity index (χ2v) is 4.85. The lowest BCUT2D eigenvalue weighted by Gasteiger charge is -2.23. The molecule has 1 rings (SSSR count). The molecule has 0 fully saturated rings. The molecule has 0 bridgehead atoms. The van der Waals surface area contributed by atoms with Crippen LogP contribution in [0.15, 0.2) is 18.2 Å². The second-order valence-electron chi connectivity index (χ2n) is 4.85. The van der Waals surface area contributed by atoms with Crippen LogP contribution in [-0.4, -0.2) is 28.6 Å². The first-order chi connectivity index (χ1) is 9.74. The Kier molecular flexibility index (Phi) is 5.02. The van der Waals surface area contributed by atoms with Gasteiger partial charge in [-0.3, -0.25) is 19.7 Å². The zero-order valence-electron chi connectivity index (χ0n) is 12.1. The van der Waals surface area contributed by atoms with E-state index in [1.54, 1.807) is 13.0 Å². The summed E-state index contributed by atoms with van der Waals surface area (Å²) in [5, 5.41) is 20.2. The van der Waals surface area contributed by atoms with Crippen LogP contribution < -0.4 is 0 Å². The number of hydrogen-bond acceptors (Lipinski definition) is 5. The Bertz CT molecular complexity index is 583. The summed E-state index contributed by atoms with van der Waals surface area (Å²) >= 11 is 0. The molecule has 0 aliphatic rings. The van der Waals surface area contributed by atoms with E-state index >= 15 is 0 Å². The average Bonchev–Trinajstić information content (AvgIpc) is 2.40. The van der Waals surface area contributed by atoms with Gasteiger partial charge in [0.2, 0.25) is 0 Å². The monoisotopic (exact) mass is 295 g/mol. The number of aliphatic carboxylic acids is 1. The van der Waals surface area contributed by atoms with E-state index in [0.717, 1.165) is 0 Å². The first kappa shape index (κ1) is 16.6. The average molecular weight is 295 g/mol. The molecule has 0 aliphatic heterocycles. The zero-order chi connectivity index (χ0) is 16.2. The SMILES string of the molecule is CCOC(=O)C(C)(Cc1cccc([N+](=O)[O-])c1C)C(=O)O. The molecular weight excluding hydrogens is 278 g/mol. The van der Waals surface area contributed by atoms with Gasteiger partial charge >= 0.3 is 11.9 Å². The minimum Gasteiger partial charge on any atom is -0.480 e. The molecule has 1 aromatic rings. The summed E-state index contributed by atoms with van der Waals surface area (Å²) in [5.41, 5.74) is -1.11. The van der Waals surface area contributed by atoms with Gasteiger partial charge in [-0.05, 0) is 32.8 Å². The fourth-order valence-corrected chi connectivity index (χ4v) is 1.97. The van der Waals surface area contributed by atoms with Crippen LogP contribution in [0.1, 0.15) is 25.0 Å². The normalized spacial score (nSPS) is 13.3. The van der Waals surface area contributed by atoms with Gasteiger partial charge in [-0.1, -0.05) is 12.1 Å². The van der Waals surface area contributed by atoms with Crippen LogP contribution in [0.4, 0.5) is 5.69 Å². The molecule has 0 heterocycles. The van der Waals surface area contributed by atoms with E-state index in [0.29, 0.717) is 11.1 Å². The Labute approximate surface area is 121 Å². The minimum absolute atomic E-state index is 0.0651. The van der Waals surface area contributed by atoms with Gasteiger partial charge < -0.3 is 9.84 Å². The van der Waals surface area contributed by atoms with Crippen LogP contribution in [0.5, 0.6) is 0 Å². The molecular formula is C14H17NO6. The van der Waals surface area contributed by atoms with E-state index in [1.807, 2.05) is 0 Å². The molecule has 7 heteroatoms. The molecule has 0 amide bonds. The molecule has 1 atom stereocenters. The number of hydrogen-bond donors (Lipinski definition) is 1. The molecule has 0 aromatic heterocycles. The maximum absolute atomic E-state index is 11.9. The molecule has 0 saturated heterocycles. The first-order valence-electron chi connectivity index (χ1n) is 6.37. The van der Waals surface area contributed by atoms with Gasteiger partial charge in [0.15, 0.2) is 5.41 Å². The highest BCUT2D eigenvalue weighted by Crippen LogP contribution is 2.30. The van der Waals surface area contributed by atoms with Gasteiger partial charge in [-0.15, -0.1) is 0 Å². The lowest BCUT2D eigenvalue weighted by molar-refractivity contribution is -0.385. The van der Waals surface area contributed by atoms with Gasteiger partial charge in [0.1, 0.15) is 0 Å². The lowest BCUT2D eigenvalue weighted by atomic mass is 9.82. The number of esters is 1. The Morgan fingerprint density at radius 3 is 2.52 bits per heavy atom. The molecule has 0 aliphatic carbocycles. The zero-order valence-corrected chi connectivity index (χ0v) is 12.1. The number of nitro groups is 1. The van der Waals surface area contributed by atoms with Crippen molar-refractivity contribution in [2.75, 3.05) is 6.61 Å². The van der Waals surface area contributed by atoms with E-state index in [4.69, 9.17) is 4.74 Å². The highest BCUT2D eigenvalue weighted by Gasteiger charge is 2.43. The summed E-state index contributed by atoms with van der Waals surface area (Å²) in [6, 6.07) is 4.37. The molecule has 7 nitrogen and oxygen atoms in total. The Morgan fingerprint density at radius 1 is 1.43 bits per heavy atom. The van der Waals surface area contributed by atoms with Gasteiger partial charge in [0.25, 0.3) is 5.69 Å².